The predicted molar refractivity (Wildman–Crippen MR) is 58.4 cm³/mol. The van der Waals surface area contributed by atoms with E-state index in [1.54, 1.807) is 24.2 Å². The number of nitrogens with zero attached hydrogens (tertiary/aromatic N) is 2. The van der Waals surface area contributed by atoms with E-state index in [-0.39, 0.29) is 0 Å². The van der Waals surface area contributed by atoms with E-state index in [0.29, 0.717) is 0 Å². The number of aromatic nitrogens is 2. The maximum atomic E-state index is 5.64. The standard InChI is InChI=1S/C10H11N3S/c11-13-7-6-12-10(13)14-8-9-4-2-1-3-5-9/h1-7H,8,11H2. The molecule has 2 rings (SSSR count). The molecule has 1 heterocycles. The molecule has 72 valence electrons. The van der Waals surface area contributed by atoms with Crippen molar-refractivity contribution >= 4 is 11.8 Å². The van der Waals surface area contributed by atoms with E-state index in [2.05, 4.69) is 17.1 Å². The van der Waals surface area contributed by atoms with Crippen LogP contribution in [0.4, 0.5) is 0 Å². The van der Waals surface area contributed by atoms with E-state index in [0.717, 1.165) is 10.9 Å². The maximum Gasteiger partial charge on any atom is 0.186 e. The molecule has 0 aliphatic rings. The number of thioether (sulfide) groups is 1. The third kappa shape index (κ3) is 2.09. The summed E-state index contributed by atoms with van der Waals surface area (Å²) in [5, 5.41) is 0.842. The van der Waals surface area contributed by atoms with Gasteiger partial charge in [-0.15, -0.1) is 0 Å². The van der Waals surface area contributed by atoms with Crippen molar-refractivity contribution in [3.05, 3.63) is 48.3 Å². The fraction of sp³-hybridized carbons (Fsp3) is 0.100. The average molecular weight is 205 g/mol. The Kier molecular flexibility index (Phi) is 2.74. The van der Waals surface area contributed by atoms with Crippen LogP contribution in [0.1, 0.15) is 5.56 Å². The molecule has 1 aromatic heterocycles. The SMILES string of the molecule is Nn1ccnc1SCc1ccccc1. The molecule has 0 aliphatic carbocycles. The highest BCUT2D eigenvalue weighted by molar-refractivity contribution is 7.98. The van der Waals surface area contributed by atoms with Crippen LogP contribution in [0.2, 0.25) is 0 Å². The highest BCUT2D eigenvalue weighted by atomic mass is 32.2. The van der Waals surface area contributed by atoms with Gasteiger partial charge in [0.1, 0.15) is 0 Å². The first-order valence-corrected chi connectivity index (χ1v) is 5.30. The van der Waals surface area contributed by atoms with Gasteiger partial charge in [-0.05, 0) is 5.56 Å². The molecule has 0 saturated heterocycles. The first-order chi connectivity index (χ1) is 6.86. The van der Waals surface area contributed by atoms with Crippen LogP contribution in [0.5, 0.6) is 0 Å². The third-order valence-corrected chi connectivity index (χ3v) is 2.90. The molecular weight excluding hydrogens is 194 g/mol. The molecule has 3 nitrogen and oxygen atoms in total. The Balaban J connectivity index is 1.99. The van der Waals surface area contributed by atoms with Gasteiger partial charge in [-0.1, -0.05) is 42.1 Å². The topological polar surface area (TPSA) is 43.8 Å². The van der Waals surface area contributed by atoms with Gasteiger partial charge < -0.3 is 5.84 Å². The third-order valence-electron chi connectivity index (χ3n) is 1.84. The van der Waals surface area contributed by atoms with Gasteiger partial charge in [-0.2, -0.15) is 0 Å². The van der Waals surface area contributed by atoms with Gasteiger partial charge in [-0.3, -0.25) is 0 Å². The van der Waals surface area contributed by atoms with Crippen molar-refractivity contribution in [2.75, 3.05) is 5.84 Å². The van der Waals surface area contributed by atoms with Crippen LogP contribution < -0.4 is 5.84 Å². The summed E-state index contributed by atoms with van der Waals surface area (Å²) in [5.41, 5.74) is 1.28. The summed E-state index contributed by atoms with van der Waals surface area (Å²) >= 11 is 1.63. The van der Waals surface area contributed by atoms with Crippen LogP contribution in [0.3, 0.4) is 0 Å². The second kappa shape index (κ2) is 4.19. The normalized spacial score (nSPS) is 10.3. The van der Waals surface area contributed by atoms with Crippen LogP contribution >= 0.6 is 11.8 Å². The number of hydrogen-bond acceptors (Lipinski definition) is 3. The molecular formula is C10H11N3S. The van der Waals surface area contributed by atoms with Gasteiger partial charge >= 0.3 is 0 Å². The molecule has 0 saturated carbocycles. The maximum absolute atomic E-state index is 5.64. The summed E-state index contributed by atoms with van der Waals surface area (Å²) in [6, 6.07) is 10.3. The van der Waals surface area contributed by atoms with E-state index in [1.807, 2.05) is 18.2 Å². The summed E-state index contributed by atoms with van der Waals surface area (Å²) in [6.45, 7) is 0. The Bertz CT molecular complexity index is 397. The second-order valence-electron chi connectivity index (χ2n) is 2.89. The molecule has 0 aliphatic heterocycles. The fourth-order valence-electron chi connectivity index (χ4n) is 1.13. The zero-order valence-electron chi connectivity index (χ0n) is 7.63. The number of rotatable bonds is 3. The van der Waals surface area contributed by atoms with Crippen molar-refractivity contribution in [1.29, 1.82) is 0 Å². The van der Waals surface area contributed by atoms with Crippen LogP contribution in [0.15, 0.2) is 47.9 Å². The van der Waals surface area contributed by atoms with E-state index in [9.17, 15) is 0 Å². The number of nitrogens with two attached hydrogens (primary N) is 1. The lowest BCUT2D eigenvalue weighted by molar-refractivity contribution is 0.851. The zero-order chi connectivity index (χ0) is 9.80. The Morgan fingerprint density at radius 2 is 2.07 bits per heavy atom. The number of nitrogen functional groups attached to an aromatic ring is 1. The van der Waals surface area contributed by atoms with Crippen LogP contribution in [-0.2, 0) is 5.75 Å². The van der Waals surface area contributed by atoms with E-state index in [1.165, 1.54) is 10.2 Å². The highest BCUT2D eigenvalue weighted by Gasteiger charge is 2.00. The van der Waals surface area contributed by atoms with Gasteiger partial charge in [0, 0.05) is 18.1 Å². The lowest BCUT2D eigenvalue weighted by Gasteiger charge is -2.01. The molecule has 0 atom stereocenters. The van der Waals surface area contributed by atoms with Crippen molar-refractivity contribution in [2.24, 2.45) is 0 Å². The van der Waals surface area contributed by atoms with Gasteiger partial charge in [0.25, 0.3) is 0 Å². The largest absolute Gasteiger partial charge is 0.337 e. The van der Waals surface area contributed by atoms with Gasteiger partial charge in [0.2, 0.25) is 0 Å². The minimum absolute atomic E-state index is 0.842. The molecule has 2 aromatic rings. The number of imidazole rings is 1. The van der Waals surface area contributed by atoms with Gasteiger partial charge in [-0.25, -0.2) is 9.66 Å². The Morgan fingerprint density at radius 1 is 1.29 bits per heavy atom. The van der Waals surface area contributed by atoms with Crippen LogP contribution in [0.25, 0.3) is 0 Å². The molecule has 2 N–H and O–H groups in total. The van der Waals surface area contributed by atoms with Crippen molar-refractivity contribution in [3.63, 3.8) is 0 Å². The van der Waals surface area contributed by atoms with Crippen LogP contribution in [0, 0.1) is 0 Å². The first-order valence-electron chi connectivity index (χ1n) is 4.31. The number of hydrogen-bond donors (Lipinski definition) is 1. The molecule has 0 spiro atoms. The Labute approximate surface area is 86.9 Å². The van der Waals surface area contributed by atoms with Gasteiger partial charge in [0.05, 0.1) is 0 Å². The molecule has 14 heavy (non-hydrogen) atoms. The van der Waals surface area contributed by atoms with Crippen molar-refractivity contribution < 1.29 is 0 Å². The highest BCUT2D eigenvalue weighted by Crippen LogP contribution is 2.19. The summed E-state index contributed by atoms with van der Waals surface area (Å²) in [7, 11) is 0. The van der Waals surface area contributed by atoms with Gasteiger partial charge in [0.15, 0.2) is 5.16 Å². The monoisotopic (exact) mass is 205 g/mol. The quantitative estimate of drug-likeness (QED) is 0.614. The molecule has 1 aromatic carbocycles. The van der Waals surface area contributed by atoms with Crippen molar-refractivity contribution in [2.45, 2.75) is 10.9 Å². The van der Waals surface area contributed by atoms with E-state index < -0.39 is 0 Å². The first kappa shape index (κ1) is 9.15. The smallest absolute Gasteiger partial charge is 0.186 e. The van der Waals surface area contributed by atoms with Crippen LogP contribution in [-0.4, -0.2) is 9.66 Å². The predicted octanol–water partition coefficient (Wildman–Crippen LogP) is 1.89. The average Bonchev–Trinajstić information content (AvgIpc) is 2.63. The summed E-state index contributed by atoms with van der Waals surface area (Å²) in [5.74, 6) is 6.54. The summed E-state index contributed by atoms with van der Waals surface area (Å²) < 4.78 is 1.54. The molecule has 0 amide bonds. The second-order valence-corrected chi connectivity index (χ2v) is 3.83. The lowest BCUT2D eigenvalue weighted by Crippen LogP contribution is -2.07. The molecule has 0 fully saturated rings. The molecule has 0 bridgehead atoms. The Morgan fingerprint density at radius 3 is 2.71 bits per heavy atom. The van der Waals surface area contributed by atoms with Crippen molar-refractivity contribution in [3.8, 4) is 0 Å². The molecule has 0 unspecified atom stereocenters. The summed E-state index contributed by atoms with van der Waals surface area (Å²) in [6.07, 6.45) is 3.45. The fourth-order valence-corrected chi connectivity index (χ4v) is 1.97. The molecule has 0 radical (unpaired) electrons. The minimum atomic E-state index is 0.842. The molecule has 4 heteroatoms. The van der Waals surface area contributed by atoms with Crippen molar-refractivity contribution in [1.82, 2.24) is 9.66 Å². The van der Waals surface area contributed by atoms with E-state index in [4.69, 9.17) is 5.84 Å². The summed E-state index contributed by atoms with van der Waals surface area (Å²) in [4.78, 5) is 4.13. The zero-order valence-corrected chi connectivity index (χ0v) is 8.45. The number of benzene rings is 1. The minimum Gasteiger partial charge on any atom is -0.337 e. The Hall–Kier alpha value is -1.42. The lowest BCUT2D eigenvalue weighted by atomic mass is 10.2. The van der Waals surface area contributed by atoms with E-state index >= 15 is 0 Å².